The highest BCUT2D eigenvalue weighted by Gasteiger charge is 2.45. The Labute approximate surface area is 169 Å². The molecule has 0 unspecified atom stereocenters. The number of rotatable bonds is 4. The molecule has 2 aromatic rings. The molecule has 0 aromatic heterocycles. The van der Waals surface area contributed by atoms with Gasteiger partial charge in [0, 0.05) is 18.8 Å². The normalized spacial score (nSPS) is 22.8. The number of hydrogen-bond donors (Lipinski definition) is 2. The molecule has 1 aliphatic carbocycles. The minimum Gasteiger partial charge on any atom is -0.372 e. The van der Waals surface area contributed by atoms with E-state index in [0.29, 0.717) is 24.5 Å². The van der Waals surface area contributed by atoms with Gasteiger partial charge in [-0.05, 0) is 62.6 Å². The molecule has 1 aliphatic heterocycles. The smallest absolute Gasteiger partial charge is 0.319 e. The van der Waals surface area contributed by atoms with Crippen molar-refractivity contribution in [3.8, 4) is 0 Å². The number of urea groups is 1. The van der Waals surface area contributed by atoms with Crippen molar-refractivity contribution in [2.45, 2.75) is 44.4 Å². The van der Waals surface area contributed by atoms with E-state index in [0.717, 1.165) is 18.4 Å². The molecule has 29 heavy (non-hydrogen) atoms. The van der Waals surface area contributed by atoms with Crippen LogP contribution in [0.25, 0.3) is 0 Å². The molecule has 0 spiro atoms. The Morgan fingerprint density at radius 3 is 2.45 bits per heavy atom. The van der Waals surface area contributed by atoms with Crippen LogP contribution in [0.4, 0.5) is 25.0 Å². The zero-order valence-electron chi connectivity index (χ0n) is 16.5. The molecule has 7 heteroatoms. The summed E-state index contributed by atoms with van der Waals surface area (Å²) in [5, 5.41) is 5.59. The first-order chi connectivity index (χ1) is 13.8. The quantitative estimate of drug-likeness (QED) is 0.799. The number of hydrogen-bond acceptors (Lipinski definition) is 3. The van der Waals surface area contributed by atoms with Gasteiger partial charge in [0.2, 0.25) is 0 Å². The van der Waals surface area contributed by atoms with E-state index in [1.807, 2.05) is 18.7 Å². The second-order valence-corrected chi connectivity index (χ2v) is 8.00. The summed E-state index contributed by atoms with van der Waals surface area (Å²) in [5.41, 5.74) is 1.05. The molecule has 0 bridgehead atoms. The van der Waals surface area contributed by atoms with Gasteiger partial charge in [-0.15, -0.1) is 0 Å². The average molecular weight is 401 g/mol. The summed E-state index contributed by atoms with van der Waals surface area (Å²) < 4.78 is 33.9. The number of benzene rings is 2. The Bertz CT molecular complexity index is 907. The van der Waals surface area contributed by atoms with Gasteiger partial charge in [-0.1, -0.05) is 12.1 Å². The number of anilines is 2. The van der Waals surface area contributed by atoms with Crippen molar-refractivity contribution in [2.75, 3.05) is 23.3 Å². The van der Waals surface area contributed by atoms with Gasteiger partial charge in [-0.25, -0.2) is 13.6 Å². The predicted molar refractivity (Wildman–Crippen MR) is 108 cm³/mol. The van der Waals surface area contributed by atoms with Crippen molar-refractivity contribution >= 4 is 17.4 Å². The van der Waals surface area contributed by atoms with Crippen LogP contribution in [0.15, 0.2) is 42.5 Å². The van der Waals surface area contributed by atoms with E-state index >= 15 is 0 Å². The summed E-state index contributed by atoms with van der Waals surface area (Å²) >= 11 is 0. The number of nitrogens with zero attached hydrogens (tertiary/aromatic N) is 1. The summed E-state index contributed by atoms with van der Waals surface area (Å²) in [4.78, 5) is 14.4. The van der Waals surface area contributed by atoms with Crippen molar-refractivity contribution in [1.82, 2.24) is 5.32 Å². The van der Waals surface area contributed by atoms with Gasteiger partial charge in [0.15, 0.2) is 0 Å². The number of carbonyl (C=O) groups is 1. The molecule has 154 valence electrons. The van der Waals surface area contributed by atoms with Gasteiger partial charge in [0.25, 0.3) is 0 Å². The Morgan fingerprint density at radius 1 is 1.10 bits per heavy atom. The van der Waals surface area contributed by atoms with Gasteiger partial charge in [-0.3, -0.25) is 0 Å². The second kappa shape index (κ2) is 7.63. The highest BCUT2D eigenvalue weighted by Crippen LogP contribution is 2.45. The van der Waals surface area contributed by atoms with E-state index in [4.69, 9.17) is 4.74 Å². The number of amides is 2. The molecule has 2 atom stereocenters. The van der Waals surface area contributed by atoms with Crippen molar-refractivity contribution in [3.63, 3.8) is 0 Å². The van der Waals surface area contributed by atoms with Gasteiger partial charge in [0.1, 0.15) is 11.6 Å². The molecule has 2 amide bonds. The van der Waals surface area contributed by atoms with Crippen LogP contribution >= 0.6 is 0 Å². The minimum atomic E-state index is -0.551. The topological polar surface area (TPSA) is 53.6 Å². The standard InChI is InChI=1S/C22H25F2N3O2/c1-14-12-27(13-15(2)29-14)20-7-6-18(11-19(20)24)25-21(28)26-22(8-9-22)16-4-3-5-17(23)10-16/h3-7,10-11,14-15H,8-9,12-13H2,1-2H3,(H2,25,26,28)/t14-,15-/m1/s1. The van der Waals surface area contributed by atoms with Crippen molar-refractivity contribution < 1.29 is 18.3 Å². The molecule has 4 rings (SSSR count). The third kappa shape index (κ3) is 4.34. The zero-order chi connectivity index (χ0) is 20.6. The minimum absolute atomic E-state index is 0.0271. The monoisotopic (exact) mass is 401 g/mol. The Balaban J connectivity index is 1.42. The lowest BCUT2D eigenvalue weighted by Gasteiger charge is -2.37. The van der Waals surface area contributed by atoms with Crippen LogP contribution in [0.1, 0.15) is 32.3 Å². The van der Waals surface area contributed by atoms with E-state index in [-0.39, 0.29) is 18.0 Å². The first kappa shape index (κ1) is 19.6. The Morgan fingerprint density at radius 2 is 1.83 bits per heavy atom. The molecule has 2 N–H and O–H groups in total. The number of carbonyl (C=O) groups excluding carboxylic acids is 1. The molecule has 1 heterocycles. The molecule has 2 fully saturated rings. The number of halogens is 2. The third-order valence-corrected chi connectivity index (χ3v) is 5.45. The van der Waals surface area contributed by atoms with Crippen molar-refractivity contribution in [3.05, 3.63) is 59.7 Å². The predicted octanol–water partition coefficient (Wildman–Crippen LogP) is 4.39. The highest BCUT2D eigenvalue weighted by molar-refractivity contribution is 5.90. The number of morpholine rings is 1. The second-order valence-electron chi connectivity index (χ2n) is 8.00. The number of nitrogens with one attached hydrogen (secondary N) is 2. The average Bonchev–Trinajstić information content (AvgIpc) is 3.41. The molecule has 2 aliphatic rings. The van der Waals surface area contributed by atoms with Gasteiger partial charge >= 0.3 is 6.03 Å². The van der Waals surface area contributed by atoms with Crippen LogP contribution in [-0.4, -0.2) is 31.3 Å². The maximum absolute atomic E-state index is 14.7. The summed E-state index contributed by atoms with van der Waals surface area (Å²) in [5.74, 6) is -0.726. The van der Waals surface area contributed by atoms with E-state index < -0.39 is 17.4 Å². The summed E-state index contributed by atoms with van der Waals surface area (Å²) in [6.07, 6.45) is 1.54. The van der Waals surface area contributed by atoms with Crippen molar-refractivity contribution in [2.24, 2.45) is 0 Å². The number of ether oxygens (including phenoxy) is 1. The van der Waals surface area contributed by atoms with Crippen molar-refractivity contribution in [1.29, 1.82) is 0 Å². The van der Waals surface area contributed by atoms with E-state index in [9.17, 15) is 13.6 Å². The van der Waals surface area contributed by atoms with E-state index in [1.54, 1.807) is 24.3 Å². The van der Waals surface area contributed by atoms with Crippen LogP contribution in [0, 0.1) is 11.6 Å². The van der Waals surface area contributed by atoms with Gasteiger partial charge < -0.3 is 20.3 Å². The SMILES string of the molecule is C[C@@H]1CN(c2ccc(NC(=O)NC3(c4cccc(F)c4)CC3)cc2F)C[C@@H](C)O1. The summed E-state index contributed by atoms with van der Waals surface area (Å²) in [7, 11) is 0. The van der Waals surface area contributed by atoms with Gasteiger partial charge in [0.05, 0.1) is 23.4 Å². The molecule has 1 saturated carbocycles. The van der Waals surface area contributed by atoms with Gasteiger partial charge in [-0.2, -0.15) is 0 Å². The third-order valence-electron chi connectivity index (χ3n) is 5.45. The zero-order valence-corrected chi connectivity index (χ0v) is 16.5. The van der Waals surface area contributed by atoms with Crippen LogP contribution in [0.2, 0.25) is 0 Å². The lowest BCUT2D eigenvalue weighted by molar-refractivity contribution is -0.00539. The maximum Gasteiger partial charge on any atom is 0.319 e. The largest absolute Gasteiger partial charge is 0.372 e. The Kier molecular flexibility index (Phi) is 5.17. The summed E-state index contributed by atoms with van der Waals surface area (Å²) in [6, 6.07) is 10.5. The van der Waals surface area contributed by atoms with Crippen LogP contribution in [0.3, 0.4) is 0 Å². The summed E-state index contributed by atoms with van der Waals surface area (Å²) in [6.45, 7) is 5.16. The maximum atomic E-state index is 14.7. The fourth-order valence-corrected chi connectivity index (χ4v) is 3.99. The van der Waals surface area contributed by atoms with Crippen LogP contribution in [0.5, 0.6) is 0 Å². The van der Waals surface area contributed by atoms with E-state index in [2.05, 4.69) is 10.6 Å². The first-order valence-corrected chi connectivity index (χ1v) is 9.90. The first-order valence-electron chi connectivity index (χ1n) is 9.90. The van der Waals surface area contributed by atoms with Crippen LogP contribution < -0.4 is 15.5 Å². The molecular weight excluding hydrogens is 376 g/mol. The fraction of sp³-hybridized carbons (Fsp3) is 0.409. The molecule has 0 radical (unpaired) electrons. The van der Waals surface area contributed by atoms with E-state index in [1.165, 1.54) is 18.2 Å². The Hall–Kier alpha value is -2.67. The molecule has 2 aromatic carbocycles. The molecule has 5 nitrogen and oxygen atoms in total. The van der Waals surface area contributed by atoms with Crippen LogP contribution in [-0.2, 0) is 10.3 Å². The molecular formula is C22H25F2N3O2. The fourth-order valence-electron chi connectivity index (χ4n) is 3.99. The molecule has 1 saturated heterocycles. The highest BCUT2D eigenvalue weighted by atomic mass is 19.1. The lowest BCUT2D eigenvalue weighted by Crippen LogP contribution is -2.45. The lowest BCUT2D eigenvalue weighted by atomic mass is 10.1.